The van der Waals surface area contributed by atoms with E-state index >= 15 is 0 Å². The van der Waals surface area contributed by atoms with Gasteiger partial charge in [-0.05, 0) is 32.1 Å². The highest BCUT2D eigenvalue weighted by atomic mass is 16.5. The summed E-state index contributed by atoms with van der Waals surface area (Å²) >= 11 is 0. The Kier molecular flexibility index (Phi) is 10.8. The summed E-state index contributed by atoms with van der Waals surface area (Å²) in [6, 6.07) is 0. The third kappa shape index (κ3) is 8.44. The molecular formula is C10H22O4. The topological polar surface area (TPSA) is 69.9 Å². The van der Waals surface area contributed by atoms with E-state index in [1.54, 1.807) is 0 Å². The Morgan fingerprint density at radius 1 is 0.786 bits per heavy atom. The van der Waals surface area contributed by atoms with Crippen LogP contribution >= 0.6 is 0 Å². The number of hydrogen-bond acceptors (Lipinski definition) is 4. The van der Waals surface area contributed by atoms with Gasteiger partial charge in [-0.25, -0.2) is 0 Å². The highest BCUT2D eigenvalue weighted by molar-refractivity contribution is 4.56. The number of hydrogen-bond donors (Lipinski definition) is 3. The van der Waals surface area contributed by atoms with Gasteiger partial charge in [-0.3, -0.25) is 0 Å². The van der Waals surface area contributed by atoms with E-state index in [9.17, 15) is 0 Å². The van der Waals surface area contributed by atoms with Gasteiger partial charge in [0.15, 0.2) is 0 Å². The molecule has 0 radical (unpaired) electrons. The lowest BCUT2D eigenvalue weighted by Gasteiger charge is -2.15. The molecule has 4 nitrogen and oxygen atoms in total. The van der Waals surface area contributed by atoms with Crippen molar-refractivity contribution in [2.75, 3.05) is 26.4 Å². The molecule has 0 atom stereocenters. The molecule has 0 fully saturated rings. The number of aliphatic hydroxyl groups excluding tert-OH is 3. The lowest BCUT2D eigenvalue weighted by atomic mass is 10.2. The predicted molar refractivity (Wildman–Crippen MR) is 54.1 cm³/mol. The second-order valence-corrected chi connectivity index (χ2v) is 3.30. The third-order valence-corrected chi connectivity index (χ3v) is 2.06. The van der Waals surface area contributed by atoms with E-state index in [4.69, 9.17) is 20.1 Å². The first-order valence-electron chi connectivity index (χ1n) is 5.29. The smallest absolute Gasteiger partial charge is 0.0618 e. The Hall–Kier alpha value is -0.160. The fraction of sp³-hybridized carbons (Fsp3) is 1.00. The van der Waals surface area contributed by atoms with Gasteiger partial charge in [0.2, 0.25) is 0 Å². The molecule has 0 aromatic carbocycles. The molecule has 0 rings (SSSR count). The van der Waals surface area contributed by atoms with E-state index in [2.05, 4.69) is 0 Å². The molecular weight excluding hydrogens is 184 g/mol. The van der Waals surface area contributed by atoms with Gasteiger partial charge < -0.3 is 20.1 Å². The molecule has 0 aliphatic heterocycles. The molecule has 0 aromatic heterocycles. The Labute approximate surface area is 85.5 Å². The van der Waals surface area contributed by atoms with Gasteiger partial charge in [0, 0.05) is 26.4 Å². The number of ether oxygens (including phenoxy) is 1. The van der Waals surface area contributed by atoms with Crippen molar-refractivity contribution >= 4 is 0 Å². The summed E-state index contributed by atoms with van der Waals surface area (Å²) in [5.74, 6) is 0. The van der Waals surface area contributed by atoms with Crippen LogP contribution in [0.1, 0.15) is 32.1 Å². The molecule has 14 heavy (non-hydrogen) atoms. The van der Waals surface area contributed by atoms with Gasteiger partial charge in [0.25, 0.3) is 0 Å². The quantitative estimate of drug-likeness (QED) is 0.450. The molecule has 4 heteroatoms. The van der Waals surface area contributed by atoms with Crippen LogP contribution in [0.5, 0.6) is 0 Å². The summed E-state index contributed by atoms with van der Waals surface area (Å²) in [5.41, 5.74) is 0. The van der Waals surface area contributed by atoms with E-state index < -0.39 is 0 Å². The first-order chi connectivity index (χ1) is 6.85. The molecule has 0 unspecified atom stereocenters. The normalized spacial score (nSPS) is 11.1. The summed E-state index contributed by atoms with van der Waals surface area (Å²) in [7, 11) is 0. The Morgan fingerprint density at radius 2 is 1.43 bits per heavy atom. The summed E-state index contributed by atoms with van der Waals surface area (Å²) in [6.45, 7) is 1.07. The molecule has 0 saturated heterocycles. The number of aliphatic hydroxyl groups is 3. The first-order valence-corrected chi connectivity index (χ1v) is 5.29. The fourth-order valence-electron chi connectivity index (χ4n) is 1.24. The van der Waals surface area contributed by atoms with Gasteiger partial charge >= 0.3 is 0 Å². The highest BCUT2D eigenvalue weighted by Gasteiger charge is 2.06. The SMILES string of the molecule is OCCCCCOC(CCO)CCO. The van der Waals surface area contributed by atoms with Crippen molar-refractivity contribution in [1.82, 2.24) is 0 Å². The molecule has 0 amide bonds. The molecule has 0 bridgehead atoms. The van der Waals surface area contributed by atoms with E-state index in [0.717, 1.165) is 19.3 Å². The maximum atomic E-state index is 8.71. The average molecular weight is 206 g/mol. The largest absolute Gasteiger partial charge is 0.396 e. The minimum absolute atomic E-state index is 0.0286. The van der Waals surface area contributed by atoms with Crippen molar-refractivity contribution in [2.45, 2.75) is 38.2 Å². The van der Waals surface area contributed by atoms with E-state index in [1.165, 1.54) is 0 Å². The standard InChI is InChI=1S/C10H22O4/c11-6-2-1-3-9-14-10(4-7-12)5-8-13/h10-13H,1-9H2. The van der Waals surface area contributed by atoms with Crippen molar-refractivity contribution in [1.29, 1.82) is 0 Å². The molecule has 0 aliphatic rings. The summed E-state index contributed by atoms with van der Waals surface area (Å²) in [4.78, 5) is 0. The summed E-state index contributed by atoms with van der Waals surface area (Å²) < 4.78 is 5.47. The molecule has 86 valence electrons. The molecule has 0 aromatic rings. The zero-order chi connectivity index (χ0) is 10.6. The molecule has 0 heterocycles. The van der Waals surface area contributed by atoms with Crippen LogP contribution in [-0.4, -0.2) is 47.9 Å². The van der Waals surface area contributed by atoms with Gasteiger partial charge in [0.1, 0.15) is 0 Å². The molecule has 0 saturated carbocycles. The van der Waals surface area contributed by atoms with Crippen LogP contribution in [0.4, 0.5) is 0 Å². The van der Waals surface area contributed by atoms with Crippen LogP contribution in [0.25, 0.3) is 0 Å². The van der Waals surface area contributed by atoms with Gasteiger partial charge in [-0.1, -0.05) is 0 Å². The fourth-order valence-corrected chi connectivity index (χ4v) is 1.24. The number of rotatable bonds is 10. The van der Waals surface area contributed by atoms with E-state index in [1.807, 2.05) is 0 Å². The zero-order valence-electron chi connectivity index (χ0n) is 8.69. The molecule has 3 N–H and O–H groups in total. The Morgan fingerprint density at radius 3 is 1.93 bits per heavy atom. The maximum Gasteiger partial charge on any atom is 0.0618 e. The highest BCUT2D eigenvalue weighted by Crippen LogP contribution is 2.05. The summed E-state index contributed by atoms with van der Waals surface area (Å²) in [5, 5.41) is 26.0. The zero-order valence-corrected chi connectivity index (χ0v) is 8.69. The predicted octanol–water partition coefficient (Wildman–Crippen LogP) is 0.299. The maximum absolute atomic E-state index is 8.71. The monoisotopic (exact) mass is 206 g/mol. The lowest BCUT2D eigenvalue weighted by Crippen LogP contribution is -2.17. The van der Waals surface area contributed by atoms with Gasteiger partial charge in [-0.2, -0.15) is 0 Å². The second kappa shape index (κ2) is 10.9. The van der Waals surface area contributed by atoms with E-state index in [0.29, 0.717) is 19.4 Å². The van der Waals surface area contributed by atoms with Crippen LogP contribution in [-0.2, 0) is 4.74 Å². The van der Waals surface area contributed by atoms with E-state index in [-0.39, 0.29) is 25.9 Å². The van der Waals surface area contributed by atoms with Gasteiger partial charge in [0.05, 0.1) is 6.10 Å². The van der Waals surface area contributed by atoms with Crippen molar-refractivity contribution in [3.63, 3.8) is 0 Å². The van der Waals surface area contributed by atoms with Crippen molar-refractivity contribution in [2.24, 2.45) is 0 Å². The van der Waals surface area contributed by atoms with Gasteiger partial charge in [-0.15, -0.1) is 0 Å². The van der Waals surface area contributed by atoms with Crippen molar-refractivity contribution in [3.05, 3.63) is 0 Å². The first kappa shape index (κ1) is 13.8. The Balaban J connectivity index is 3.30. The lowest BCUT2D eigenvalue weighted by molar-refractivity contribution is 0.0179. The van der Waals surface area contributed by atoms with Crippen molar-refractivity contribution in [3.8, 4) is 0 Å². The average Bonchev–Trinajstić information content (AvgIpc) is 2.18. The third-order valence-electron chi connectivity index (χ3n) is 2.06. The van der Waals surface area contributed by atoms with Crippen LogP contribution in [0, 0.1) is 0 Å². The van der Waals surface area contributed by atoms with Crippen LogP contribution < -0.4 is 0 Å². The minimum Gasteiger partial charge on any atom is -0.396 e. The Bertz CT molecular complexity index is 102. The number of unbranched alkanes of at least 4 members (excludes halogenated alkanes) is 2. The molecule has 0 aliphatic carbocycles. The summed E-state index contributed by atoms with van der Waals surface area (Å²) in [6.07, 6.45) is 3.84. The van der Waals surface area contributed by atoms with Crippen LogP contribution in [0.3, 0.4) is 0 Å². The van der Waals surface area contributed by atoms with Crippen LogP contribution in [0.15, 0.2) is 0 Å². The van der Waals surface area contributed by atoms with Crippen molar-refractivity contribution < 1.29 is 20.1 Å². The molecule has 0 spiro atoms. The minimum atomic E-state index is -0.0286. The second-order valence-electron chi connectivity index (χ2n) is 3.30. The van der Waals surface area contributed by atoms with Crippen LogP contribution in [0.2, 0.25) is 0 Å².